The number of amides is 2. The number of hydrogen-bond acceptors (Lipinski definition) is 2. The Balaban J connectivity index is 1.59. The highest BCUT2D eigenvalue weighted by Gasteiger charge is 2.30. The van der Waals surface area contributed by atoms with Gasteiger partial charge in [0.15, 0.2) is 0 Å². The van der Waals surface area contributed by atoms with Gasteiger partial charge in [0.2, 0.25) is 5.91 Å². The molecule has 1 heterocycles. The quantitative estimate of drug-likeness (QED) is 0.940. The molecule has 0 bridgehead atoms. The van der Waals surface area contributed by atoms with Crippen molar-refractivity contribution in [2.75, 3.05) is 6.54 Å². The summed E-state index contributed by atoms with van der Waals surface area (Å²) in [5.74, 6) is -0.0397. The van der Waals surface area contributed by atoms with E-state index in [2.05, 4.69) is 5.32 Å². The predicted octanol–water partition coefficient (Wildman–Crippen LogP) is 2.22. The van der Waals surface area contributed by atoms with Gasteiger partial charge in [-0.2, -0.15) is 0 Å². The summed E-state index contributed by atoms with van der Waals surface area (Å²) in [6, 6.07) is 18.8. The number of hydrogen-bond donors (Lipinski definition) is 1. The van der Waals surface area contributed by atoms with E-state index in [9.17, 15) is 9.59 Å². The Labute approximate surface area is 129 Å². The van der Waals surface area contributed by atoms with Gasteiger partial charge >= 0.3 is 0 Å². The van der Waals surface area contributed by atoms with Crippen LogP contribution in [0, 0.1) is 0 Å². The highest BCUT2D eigenvalue weighted by molar-refractivity contribution is 5.95. The zero-order valence-electron chi connectivity index (χ0n) is 12.2. The van der Waals surface area contributed by atoms with Gasteiger partial charge in [0.05, 0.1) is 6.04 Å². The second-order valence-corrected chi connectivity index (χ2v) is 5.50. The summed E-state index contributed by atoms with van der Waals surface area (Å²) < 4.78 is 0. The smallest absolute Gasteiger partial charge is 0.251 e. The van der Waals surface area contributed by atoms with Crippen molar-refractivity contribution in [2.24, 2.45) is 0 Å². The Bertz CT molecular complexity index is 655. The van der Waals surface area contributed by atoms with Crippen LogP contribution in [0.2, 0.25) is 0 Å². The van der Waals surface area contributed by atoms with Crippen molar-refractivity contribution in [2.45, 2.75) is 19.0 Å². The summed E-state index contributed by atoms with van der Waals surface area (Å²) in [5, 5.41) is 2.94. The van der Waals surface area contributed by atoms with E-state index < -0.39 is 0 Å². The Morgan fingerprint density at radius 1 is 1.05 bits per heavy atom. The van der Waals surface area contributed by atoms with Crippen LogP contribution in [-0.4, -0.2) is 29.3 Å². The lowest BCUT2D eigenvalue weighted by Gasteiger charge is -2.17. The van der Waals surface area contributed by atoms with Crippen LogP contribution in [0.5, 0.6) is 0 Å². The number of rotatable bonds is 4. The molecule has 0 aromatic heterocycles. The third-order valence-electron chi connectivity index (χ3n) is 3.80. The minimum atomic E-state index is -0.125. The van der Waals surface area contributed by atoms with E-state index in [1.54, 1.807) is 17.0 Å². The maximum Gasteiger partial charge on any atom is 0.251 e. The van der Waals surface area contributed by atoms with Crippen LogP contribution in [0.25, 0.3) is 0 Å². The molecule has 1 atom stereocenters. The molecule has 2 aromatic carbocycles. The Hall–Kier alpha value is -2.62. The lowest BCUT2D eigenvalue weighted by atomic mass is 10.2. The summed E-state index contributed by atoms with van der Waals surface area (Å²) in [7, 11) is 0. The monoisotopic (exact) mass is 294 g/mol. The summed E-state index contributed by atoms with van der Waals surface area (Å²) in [6.07, 6.45) is 0.366. The first-order valence-electron chi connectivity index (χ1n) is 7.40. The van der Waals surface area contributed by atoms with E-state index in [1.807, 2.05) is 48.5 Å². The number of carbonyl (C=O) groups excluding carboxylic acids is 2. The highest BCUT2D eigenvalue weighted by Crippen LogP contribution is 2.15. The molecule has 22 heavy (non-hydrogen) atoms. The molecule has 0 spiro atoms. The first kappa shape index (κ1) is 14.3. The van der Waals surface area contributed by atoms with Crippen LogP contribution in [0.15, 0.2) is 60.7 Å². The van der Waals surface area contributed by atoms with Gasteiger partial charge in [0.25, 0.3) is 5.91 Å². The largest absolute Gasteiger partial charge is 0.347 e. The van der Waals surface area contributed by atoms with Crippen molar-refractivity contribution >= 4 is 11.8 Å². The van der Waals surface area contributed by atoms with E-state index in [0.717, 1.165) is 5.56 Å². The lowest BCUT2D eigenvalue weighted by Crippen LogP contribution is -2.37. The fourth-order valence-electron chi connectivity index (χ4n) is 2.68. The molecular weight excluding hydrogens is 276 g/mol. The van der Waals surface area contributed by atoms with Crippen LogP contribution in [0.4, 0.5) is 0 Å². The van der Waals surface area contributed by atoms with E-state index in [-0.39, 0.29) is 17.9 Å². The van der Waals surface area contributed by atoms with Crippen LogP contribution in [-0.2, 0) is 11.3 Å². The van der Waals surface area contributed by atoms with Gasteiger partial charge < -0.3 is 10.2 Å². The molecule has 3 rings (SSSR count). The summed E-state index contributed by atoms with van der Waals surface area (Å²) in [4.78, 5) is 26.0. The van der Waals surface area contributed by atoms with Gasteiger partial charge in [-0.3, -0.25) is 9.59 Å². The van der Waals surface area contributed by atoms with Gasteiger partial charge in [0, 0.05) is 25.1 Å². The molecule has 2 amide bonds. The molecule has 1 aliphatic heterocycles. The van der Waals surface area contributed by atoms with Crippen molar-refractivity contribution in [1.29, 1.82) is 0 Å². The molecule has 0 saturated carbocycles. The average Bonchev–Trinajstić information content (AvgIpc) is 2.88. The lowest BCUT2D eigenvalue weighted by molar-refractivity contribution is -0.128. The number of likely N-dealkylation sites (tertiary alicyclic amines) is 1. The minimum absolute atomic E-state index is 0.0854. The normalized spacial score (nSPS) is 17.5. The van der Waals surface area contributed by atoms with Gasteiger partial charge in [-0.25, -0.2) is 0 Å². The van der Waals surface area contributed by atoms with Crippen LogP contribution in [0.3, 0.4) is 0 Å². The molecular formula is C18H18N2O2. The van der Waals surface area contributed by atoms with E-state index >= 15 is 0 Å². The maximum atomic E-state index is 12.1. The SMILES string of the molecule is O=C(N[C@H]1CC(=O)N(Cc2ccccc2)C1)c1ccccc1. The third kappa shape index (κ3) is 3.34. The van der Waals surface area contributed by atoms with Crippen LogP contribution in [0.1, 0.15) is 22.3 Å². The molecule has 1 saturated heterocycles. The summed E-state index contributed by atoms with van der Waals surface area (Å²) in [6.45, 7) is 1.16. The summed E-state index contributed by atoms with van der Waals surface area (Å²) >= 11 is 0. The van der Waals surface area contributed by atoms with Crippen molar-refractivity contribution in [3.63, 3.8) is 0 Å². The number of benzene rings is 2. The predicted molar refractivity (Wildman–Crippen MR) is 84.2 cm³/mol. The Morgan fingerprint density at radius 3 is 2.36 bits per heavy atom. The van der Waals surface area contributed by atoms with E-state index in [0.29, 0.717) is 25.1 Å². The first-order valence-corrected chi connectivity index (χ1v) is 7.40. The van der Waals surface area contributed by atoms with Crippen LogP contribution >= 0.6 is 0 Å². The van der Waals surface area contributed by atoms with Gasteiger partial charge in [0.1, 0.15) is 0 Å². The molecule has 112 valence electrons. The van der Waals surface area contributed by atoms with Crippen molar-refractivity contribution < 1.29 is 9.59 Å². The standard InChI is InChI=1S/C18H18N2O2/c21-17-11-16(19-18(22)15-9-5-2-6-10-15)13-20(17)12-14-7-3-1-4-8-14/h1-10,16H,11-13H2,(H,19,22)/t16-/m0/s1. The van der Waals surface area contributed by atoms with Gasteiger partial charge in [-0.15, -0.1) is 0 Å². The molecule has 0 unspecified atom stereocenters. The fraction of sp³-hybridized carbons (Fsp3) is 0.222. The number of nitrogens with one attached hydrogen (secondary N) is 1. The summed E-state index contributed by atoms with van der Waals surface area (Å²) in [5.41, 5.74) is 1.72. The second kappa shape index (κ2) is 6.43. The van der Waals surface area contributed by atoms with Crippen molar-refractivity contribution in [3.05, 3.63) is 71.8 Å². The second-order valence-electron chi connectivity index (χ2n) is 5.50. The molecule has 4 heteroatoms. The molecule has 0 aliphatic carbocycles. The Morgan fingerprint density at radius 2 is 1.68 bits per heavy atom. The van der Waals surface area contributed by atoms with Crippen LogP contribution < -0.4 is 5.32 Å². The number of carbonyl (C=O) groups is 2. The zero-order chi connectivity index (χ0) is 15.4. The number of nitrogens with zero attached hydrogens (tertiary/aromatic N) is 1. The van der Waals surface area contributed by atoms with Gasteiger partial charge in [-0.1, -0.05) is 48.5 Å². The average molecular weight is 294 g/mol. The maximum absolute atomic E-state index is 12.1. The molecule has 2 aromatic rings. The third-order valence-corrected chi connectivity index (χ3v) is 3.80. The molecule has 1 aliphatic rings. The Kier molecular flexibility index (Phi) is 4.19. The molecule has 0 radical (unpaired) electrons. The van der Waals surface area contributed by atoms with Crippen molar-refractivity contribution in [3.8, 4) is 0 Å². The van der Waals surface area contributed by atoms with E-state index in [1.165, 1.54) is 0 Å². The topological polar surface area (TPSA) is 49.4 Å². The minimum Gasteiger partial charge on any atom is -0.347 e. The van der Waals surface area contributed by atoms with Gasteiger partial charge in [-0.05, 0) is 17.7 Å². The fourth-order valence-corrected chi connectivity index (χ4v) is 2.68. The van der Waals surface area contributed by atoms with Crippen molar-refractivity contribution in [1.82, 2.24) is 10.2 Å². The molecule has 1 N–H and O–H groups in total. The molecule has 4 nitrogen and oxygen atoms in total. The van der Waals surface area contributed by atoms with E-state index in [4.69, 9.17) is 0 Å². The molecule has 1 fully saturated rings. The zero-order valence-corrected chi connectivity index (χ0v) is 12.2. The first-order chi connectivity index (χ1) is 10.7. The highest BCUT2D eigenvalue weighted by atomic mass is 16.2.